The van der Waals surface area contributed by atoms with Gasteiger partial charge < -0.3 is 15.5 Å². The number of carbonyl (C=O) groups is 2. The number of rotatable bonds is 4. The van der Waals surface area contributed by atoms with Gasteiger partial charge in [0.1, 0.15) is 6.04 Å². The summed E-state index contributed by atoms with van der Waals surface area (Å²) in [6.07, 6.45) is 0.401. The molecule has 0 aliphatic carbocycles. The summed E-state index contributed by atoms with van der Waals surface area (Å²) in [5.74, 6) is 0.0204. The van der Waals surface area contributed by atoms with Gasteiger partial charge in [-0.15, -0.1) is 0 Å². The molecular formula is C20H23N3O2. The fourth-order valence-corrected chi connectivity index (χ4v) is 3.06. The minimum absolute atomic E-state index is 0.0821. The molecule has 1 fully saturated rings. The Morgan fingerprint density at radius 1 is 0.840 bits per heavy atom. The molecule has 5 heteroatoms. The smallest absolute Gasteiger partial charge is 0.244 e. The van der Waals surface area contributed by atoms with Crippen LogP contribution < -0.4 is 5.73 Å². The van der Waals surface area contributed by atoms with Crippen molar-refractivity contribution in [2.75, 3.05) is 26.2 Å². The molecule has 2 aromatic carbocycles. The SMILES string of the molecule is N[C@H](C(=O)N1CCN(C(=O)Cc2ccccc2)CC1)c1ccccc1. The van der Waals surface area contributed by atoms with Crippen molar-refractivity contribution in [3.8, 4) is 0 Å². The molecule has 1 heterocycles. The maximum atomic E-state index is 12.6. The summed E-state index contributed by atoms with van der Waals surface area (Å²) in [6.45, 7) is 2.16. The first-order valence-electron chi connectivity index (χ1n) is 8.56. The summed E-state index contributed by atoms with van der Waals surface area (Å²) < 4.78 is 0. The number of benzene rings is 2. The molecule has 0 saturated carbocycles. The van der Waals surface area contributed by atoms with Crippen LogP contribution in [0.15, 0.2) is 60.7 Å². The number of hydrogen-bond donors (Lipinski definition) is 1. The van der Waals surface area contributed by atoms with E-state index >= 15 is 0 Å². The second-order valence-electron chi connectivity index (χ2n) is 6.26. The quantitative estimate of drug-likeness (QED) is 0.921. The molecule has 0 spiro atoms. The van der Waals surface area contributed by atoms with Crippen molar-refractivity contribution in [3.63, 3.8) is 0 Å². The molecule has 1 saturated heterocycles. The molecular weight excluding hydrogens is 314 g/mol. The molecule has 0 unspecified atom stereocenters. The van der Waals surface area contributed by atoms with Gasteiger partial charge in [0.05, 0.1) is 6.42 Å². The van der Waals surface area contributed by atoms with Crippen molar-refractivity contribution < 1.29 is 9.59 Å². The van der Waals surface area contributed by atoms with Crippen LogP contribution in [0.3, 0.4) is 0 Å². The van der Waals surface area contributed by atoms with Crippen LogP contribution in [0.4, 0.5) is 0 Å². The van der Waals surface area contributed by atoms with E-state index in [2.05, 4.69) is 0 Å². The third-order valence-electron chi connectivity index (χ3n) is 4.57. The molecule has 0 bridgehead atoms. The number of piperazine rings is 1. The predicted octanol–water partition coefficient (Wildman–Crippen LogP) is 1.60. The molecule has 1 aliphatic rings. The van der Waals surface area contributed by atoms with Crippen LogP contribution in [0, 0.1) is 0 Å². The number of carbonyl (C=O) groups excluding carboxylic acids is 2. The highest BCUT2D eigenvalue weighted by atomic mass is 16.2. The minimum atomic E-state index is -0.646. The summed E-state index contributed by atoms with van der Waals surface area (Å²) in [5, 5.41) is 0. The van der Waals surface area contributed by atoms with Gasteiger partial charge in [0.2, 0.25) is 11.8 Å². The number of nitrogens with two attached hydrogens (primary N) is 1. The zero-order chi connectivity index (χ0) is 17.6. The zero-order valence-electron chi connectivity index (χ0n) is 14.2. The first-order chi connectivity index (χ1) is 12.1. The van der Waals surface area contributed by atoms with E-state index in [9.17, 15) is 9.59 Å². The highest BCUT2D eigenvalue weighted by molar-refractivity contribution is 5.84. The molecule has 2 aromatic rings. The highest BCUT2D eigenvalue weighted by Crippen LogP contribution is 2.15. The van der Waals surface area contributed by atoms with Crippen LogP contribution in [-0.4, -0.2) is 47.8 Å². The van der Waals surface area contributed by atoms with Gasteiger partial charge in [-0.25, -0.2) is 0 Å². The van der Waals surface area contributed by atoms with Gasteiger partial charge in [-0.3, -0.25) is 9.59 Å². The highest BCUT2D eigenvalue weighted by Gasteiger charge is 2.27. The van der Waals surface area contributed by atoms with E-state index in [1.165, 1.54) is 0 Å². The van der Waals surface area contributed by atoms with Crippen molar-refractivity contribution in [2.45, 2.75) is 12.5 Å². The van der Waals surface area contributed by atoms with Gasteiger partial charge >= 0.3 is 0 Å². The molecule has 2 N–H and O–H groups in total. The van der Waals surface area contributed by atoms with Gasteiger partial charge in [-0.2, -0.15) is 0 Å². The Balaban J connectivity index is 1.53. The maximum Gasteiger partial charge on any atom is 0.244 e. The number of amides is 2. The Kier molecular flexibility index (Phi) is 5.46. The van der Waals surface area contributed by atoms with Gasteiger partial charge in [0, 0.05) is 26.2 Å². The van der Waals surface area contributed by atoms with Gasteiger partial charge in [0.15, 0.2) is 0 Å². The number of nitrogens with zero attached hydrogens (tertiary/aromatic N) is 2. The summed E-state index contributed by atoms with van der Waals surface area (Å²) in [6, 6.07) is 18.5. The summed E-state index contributed by atoms with van der Waals surface area (Å²) in [5.41, 5.74) is 7.92. The van der Waals surface area contributed by atoms with Crippen LogP contribution in [0.2, 0.25) is 0 Å². The van der Waals surface area contributed by atoms with Gasteiger partial charge in [-0.1, -0.05) is 60.7 Å². The standard InChI is InChI=1S/C20H23N3O2/c21-19(17-9-5-2-6-10-17)20(25)23-13-11-22(12-14-23)18(24)15-16-7-3-1-4-8-16/h1-10,19H,11-15,21H2/t19-/m0/s1. The molecule has 3 rings (SSSR count). The summed E-state index contributed by atoms with van der Waals surface area (Å²) in [4.78, 5) is 28.5. The maximum absolute atomic E-state index is 12.6. The van der Waals surface area contributed by atoms with Gasteiger partial charge in [-0.05, 0) is 11.1 Å². The predicted molar refractivity (Wildman–Crippen MR) is 96.7 cm³/mol. The second kappa shape index (κ2) is 7.94. The third kappa shape index (κ3) is 4.25. The average Bonchev–Trinajstić information content (AvgIpc) is 2.68. The molecule has 25 heavy (non-hydrogen) atoms. The van der Waals surface area contributed by atoms with Crippen LogP contribution in [-0.2, 0) is 16.0 Å². The van der Waals surface area contributed by atoms with Crippen LogP contribution >= 0.6 is 0 Å². The fraction of sp³-hybridized carbons (Fsp3) is 0.300. The van der Waals surface area contributed by atoms with E-state index in [0.29, 0.717) is 32.6 Å². The Morgan fingerprint density at radius 2 is 1.36 bits per heavy atom. The molecule has 2 amide bonds. The minimum Gasteiger partial charge on any atom is -0.339 e. The molecule has 1 aliphatic heterocycles. The lowest BCUT2D eigenvalue weighted by Gasteiger charge is -2.36. The van der Waals surface area contributed by atoms with Crippen molar-refractivity contribution in [2.24, 2.45) is 5.73 Å². The molecule has 0 aromatic heterocycles. The lowest BCUT2D eigenvalue weighted by molar-refractivity contribution is -0.140. The van der Waals surface area contributed by atoms with E-state index in [4.69, 9.17) is 5.73 Å². The normalized spacial score (nSPS) is 15.7. The van der Waals surface area contributed by atoms with Crippen molar-refractivity contribution in [1.82, 2.24) is 9.80 Å². The fourth-order valence-electron chi connectivity index (χ4n) is 3.06. The lowest BCUT2D eigenvalue weighted by Crippen LogP contribution is -2.52. The van der Waals surface area contributed by atoms with Crippen LogP contribution in [0.5, 0.6) is 0 Å². The topological polar surface area (TPSA) is 66.6 Å². The monoisotopic (exact) mass is 337 g/mol. The van der Waals surface area contributed by atoms with Crippen molar-refractivity contribution in [3.05, 3.63) is 71.8 Å². The van der Waals surface area contributed by atoms with E-state index in [1.807, 2.05) is 65.6 Å². The molecule has 0 radical (unpaired) electrons. The first-order valence-corrected chi connectivity index (χ1v) is 8.56. The van der Waals surface area contributed by atoms with Crippen molar-refractivity contribution >= 4 is 11.8 Å². The largest absolute Gasteiger partial charge is 0.339 e. The summed E-state index contributed by atoms with van der Waals surface area (Å²) in [7, 11) is 0. The van der Waals surface area contributed by atoms with E-state index in [-0.39, 0.29) is 11.8 Å². The molecule has 5 nitrogen and oxygen atoms in total. The van der Waals surface area contributed by atoms with Crippen LogP contribution in [0.25, 0.3) is 0 Å². The average molecular weight is 337 g/mol. The Morgan fingerprint density at radius 3 is 1.96 bits per heavy atom. The summed E-state index contributed by atoms with van der Waals surface area (Å²) >= 11 is 0. The Labute approximate surface area is 148 Å². The van der Waals surface area contributed by atoms with Gasteiger partial charge in [0.25, 0.3) is 0 Å². The molecule has 1 atom stereocenters. The molecule has 130 valence electrons. The third-order valence-corrected chi connectivity index (χ3v) is 4.57. The Bertz CT molecular complexity index is 710. The van der Waals surface area contributed by atoms with Crippen molar-refractivity contribution in [1.29, 1.82) is 0 Å². The first kappa shape index (κ1) is 17.2. The van der Waals surface area contributed by atoms with E-state index < -0.39 is 6.04 Å². The Hall–Kier alpha value is -2.66. The van der Waals surface area contributed by atoms with E-state index in [0.717, 1.165) is 11.1 Å². The van der Waals surface area contributed by atoms with Crippen LogP contribution in [0.1, 0.15) is 17.2 Å². The zero-order valence-corrected chi connectivity index (χ0v) is 14.2. The number of hydrogen-bond acceptors (Lipinski definition) is 3. The lowest BCUT2D eigenvalue weighted by atomic mass is 10.1. The van der Waals surface area contributed by atoms with E-state index in [1.54, 1.807) is 4.90 Å². The second-order valence-corrected chi connectivity index (χ2v) is 6.26.